The van der Waals surface area contributed by atoms with Gasteiger partial charge in [0.05, 0.1) is 17.2 Å². The molecule has 3 N–H and O–H groups in total. The number of hydrogen-bond acceptors (Lipinski definition) is 4. The summed E-state index contributed by atoms with van der Waals surface area (Å²) in [5, 5.41) is 3.18. The maximum atomic E-state index is 12.3. The van der Waals surface area contributed by atoms with Gasteiger partial charge in [-0.1, -0.05) is 15.9 Å². The zero-order valence-corrected chi connectivity index (χ0v) is 12.6. The minimum Gasteiger partial charge on any atom is -0.351 e. The molecule has 1 atom stereocenters. The number of nitrogens with zero attached hydrogens (tertiary/aromatic N) is 2. The van der Waals surface area contributed by atoms with Crippen LogP contribution in [-0.2, 0) is 11.3 Å². The van der Waals surface area contributed by atoms with Crippen LogP contribution in [-0.4, -0.2) is 28.0 Å². The van der Waals surface area contributed by atoms with Crippen molar-refractivity contribution in [3.63, 3.8) is 0 Å². The quantitative estimate of drug-likeness (QED) is 0.855. The third kappa shape index (κ3) is 3.23. The Bertz CT molecular complexity index is 698. The summed E-state index contributed by atoms with van der Waals surface area (Å²) in [6.07, 6.45) is 1.38. The maximum Gasteiger partial charge on any atom is 0.261 e. The Labute approximate surface area is 124 Å². The average Bonchev–Trinajstić information content (AvgIpc) is 2.42. The first-order chi connectivity index (χ1) is 9.51. The summed E-state index contributed by atoms with van der Waals surface area (Å²) in [5.41, 5.74) is 5.79. The van der Waals surface area contributed by atoms with Crippen LogP contribution in [0.2, 0.25) is 0 Å². The highest BCUT2D eigenvalue weighted by molar-refractivity contribution is 9.10. The van der Waals surface area contributed by atoms with Crippen LogP contribution in [0, 0.1) is 0 Å². The van der Waals surface area contributed by atoms with E-state index in [1.54, 1.807) is 19.1 Å². The van der Waals surface area contributed by atoms with Gasteiger partial charge in [-0.15, -0.1) is 0 Å². The van der Waals surface area contributed by atoms with E-state index in [1.165, 1.54) is 10.9 Å². The molecule has 0 unspecified atom stereocenters. The number of hydrogen-bond donors (Lipinski definition) is 2. The van der Waals surface area contributed by atoms with E-state index in [0.717, 1.165) is 4.47 Å². The van der Waals surface area contributed by atoms with Gasteiger partial charge in [-0.3, -0.25) is 14.2 Å². The summed E-state index contributed by atoms with van der Waals surface area (Å²) in [6, 6.07) is 5.14. The van der Waals surface area contributed by atoms with Crippen LogP contribution >= 0.6 is 15.9 Å². The fourth-order valence-electron chi connectivity index (χ4n) is 1.78. The first-order valence-corrected chi connectivity index (χ1v) is 6.94. The summed E-state index contributed by atoms with van der Waals surface area (Å²) in [7, 11) is 0. The lowest BCUT2D eigenvalue weighted by Gasteiger charge is -2.12. The standard InChI is InChI=1S/C13H15BrN4O2/c1-8(5-15)17-12(19)6-18-7-16-11-3-2-9(14)4-10(11)13(18)20/h2-4,7-8H,5-6,15H2,1H3,(H,17,19)/t8-/m0/s1. The van der Waals surface area contributed by atoms with E-state index in [0.29, 0.717) is 17.4 Å². The second kappa shape index (κ2) is 6.15. The van der Waals surface area contributed by atoms with E-state index in [-0.39, 0.29) is 24.1 Å². The van der Waals surface area contributed by atoms with Crippen molar-refractivity contribution in [2.24, 2.45) is 5.73 Å². The number of fused-ring (bicyclic) bond motifs is 1. The second-order valence-electron chi connectivity index (χ2n) is 4.54. The number of rotatable bonds is 4. The first-order valence-electron chi connectivity index (χ1n) is 6.15. The highest BCUT2D eigenvalue weighted by Gasteiger charge is 2.10. The predicted octanol–water partition coefficient (Wildman–Crippen LogP) is 0.622. The number of halogens is 1. The van der Waals surface area contributed by atoms with Crippen molar-refractivity contribution in [2.45, 2.75) is 19.5 Å². The molecule has 106 valence electrons. The molecule has 2 aromatic rings. The molecule has 0 aliphatic rings. The van der Waals surface area contributed by atoms with Crippen molar-refractivity contribution in [1.82, 2.24) is 14.9 Å². The molecular formula is C13H15BrN4O2. The first kappa shape index (κ1) is 14.7. The van der Waals surface area contributed by atoms with Crippen molar-refractivity contribution in [1.29, 1.82) is 0 Å². The lowest BCUT2D eigenvalue weighted by Crippen LogP contribution is -2.41. The van der Waals surface area contributed by atoms with Crippen LogP contribution in [0.15, 0.2) is 33.8 Å². The number of carbonyl (C=O) groups excluding carboxylic acids is 1. The molecule has 0 aliphatic carbocycles. The minimum absolute atomic E-state index is 0.0708. The molecule has 0 aliphatic heterocycles. The van der Waals surface area contributed by atoms with Crippen LogP contribution < -0.4 is 16.6 Å². The van der Waals surface area contributed by atoms with Gasteiger partial charge in [0.25, 0.3) is 5.56 Å². The molecule has 20 heavy (non-hydrogen) atoms. The Morgan fingerprint density at radius 3 is 3.00 bits per heavy atom. The minimum atomic E-state index is -0.263. The summed E-state index contributed by atoms with van der Waals surface area (Å²) in [5.74, 6) is -0.263. The third-order valence-electron chi connectivity index (χ3n) is 2.86. The molecule has 1 amide bonds. The number of benzene rings is 1. The smallest absolute Gasteiger partial charge is 0.261 e. The Morgan fingerprint density at radius 2 is 2.30 bits per heavy atom. The van der Waals surface area contributed by atoms with Gasteiger partial charge in [0.1, 0.15) is 6.54 Å². The number of amides is 1. The molecule has 2 rings (SSSR count). The predicted molar refractivity (Wildman–Crippen MR) is 80.4 cm³/mol. The Hall–Kier alpha value is -1.73. The Balaban J connectivity index is 2.29. The summed E-state index contributed by atoms with van der Waals surface area (Å²) in [4.78, 5) is 28.2. The van der Waals surface area contributed by atoms with Gasteiger partial charge in [0.15, 0.2) is 0 Å². The van der Waals surface area contributed by atoms with Crippen LogP contribution in [0.3, 0.4) is 0 Å². The zero-order valence-electron chi connectivity index (χ0n) is 11.0. The van der Waals surface area contributed by atoms with Crippen molar-refractivity contribution in [2.75, 3.05) is 6.54 Å². The fourth-order valence-corrected chi connectivity index (χ4v) is 2.14. The van der Waals surface area contributed by atoms with Gasteiger partial charge in [-0.2, -0.15) is 0 Å². The average molecular weight is 339 g/mol. The highest BCUT2D eigenvalue weighted by Crippen LogP contribution is 2.14. The van der Waals surface area contributed by atoms with E-state index < -0.39 is 0 Å². The maximum absolute atomic E-state index is 12.3. The number of aromatic nitrogens is 2. The van der Waals surface area contributed by atoms with Crippen LogP contribution in [0.5, 0.6) is 0 Å². The molecule has 0 saturated carbocycles. The van der Waals surface area contributed by atoms with E-state index >= 15 is 0 Å². The Morgan fingerprint density at radius 1 is 1.55 bits per heavy atom. The molecule has 1 heterocycles. The monoisotopic (exact) mass is 338 g/mol. The second-order valence-corrected chi connectivity index (χ2v) is 5.46. The van der Waals surface area contributed by atoms with E-state index in [4.69, 9.17) is 5.73 Å². The largest absolute Gasteiger partial charge is 0.351 e. The van der Waals surface area contributed by atoms with Crippen LogP contribution in [0.4, 0.5) is 0 Å². The third-order valence-corrected chi connectivity index (χ3v) is 3.35. The summed E-state index contributed by atoms with van der Waals surface area (Å²) < 4.78 is 2.08. The molecule has 1 aromatic heterocycles. The molecule has 0 saturated heterocycles. The van der Waals surface area contributed by atoms with E-state index in [2.05, 4.69) is 26.2 Å². The van der Waals surface area contributed by atoms with Gasteiger partial charge in [-0.05, 0) is 25.1 Å². The fraction of sp³-hybridized carbons (Fsp3) is 0.308. The van der Waals surface area contributed by atoms with Gasteiger partial charge >= 0.3 is 0 Å². The molecule has 1 aromatic carbocycles. The van der Waals surface area contributed by atoms with Gasteiger partial charge in [-0.25, -0.2) is 4.98 Å². The van der Waals surface area contributed by atoms with Crippen molar-refractivity contribution >= 4 is 32.7 Å². The summed E-state index contributed by atoms with van der Waals surface area (Å²) in [6.45, 7) is 2.08. The SMILES string of the molecule is C[C@@H](CN)NC(=O)Cn1cnc2ccc(Br)cc2c1=O. The number of nitrogens with one attached hydrogen (secondary N) is 1. The van der Waals surface area contributed by atoms with Crippen molar-refractivity contribution in [3.05, 3.63) is 39.4 Å². The van der Waals surface area contributed by atoms with Crippen molar-refractivity contribution in [3.8, 4) is 0 Å². The molecule has 6 nitrogen and oxygen atoms in total. The lowest BCUT2D eigenvalue weighted by molar-refractivity contribution is -0.122. The number of nitrogens with two attached hydrogens (primary N) is 1. The van der Waals surface area contributed by atoms with Gasteiger partial charge in [0, 0.05) is 17.1 Å². The molecule has 0 fully saturated rings. The van der Waals surface area contributed by atoms with Crippen LogP contribution in [0.25, 0.3) is 10.9 Å². The van der Waals surface area contributed by atoms with E-state index in [1.807, 2.05) is 6.07 Å². The topological polar surface area (TPSA) is 90.0 Å². The van der Waals surface area contributed by atoms with Gasteiger partial charge < -0.3 is 11.1 Å². The molecule has 7 heteroatoms. The molecule has 0 radical (unpaired) electrons. The zero-order chi connectivity index (χ0) is 14.7. The lowest BCUT2D eigenvalue weighted by atomic mass is 10.2. The van der Waals surface area contributed by atoms with Gasteiger partial charge in [0.2, 0.25) is 5.91 Å². The normalized spacial score (nSPS) is 12.3. The van der Waals surface area contributed by atoms with Crippen molar-refractivity contribution < 1.29 is 4.79 Å². The Kier molecular flexibility index (Phi) is 4.51. The molecule has 0 bridgehead atoms. The van der Waals surface area contributed by atoms with Crippen LogP contribution in [0.1, 0.15) is 6.92 Å². The molecule has 0 spiro atoms. The highest BCUT2D eigenvalue weighted by atomic mass is 79.9. The summed E-state index contributed by atoms with van der Waals surface area (Å²) >= 11 is 3.31. The van der Waals surface area contributed by atoms with E-state index in [9.17, 15) is 9.59 Å². The number of carbonyl (C=O) groups is 1. The molecular weight excluding hydrogens is 324 g/mol.